The van der Waals surface area contributed by atoms with Crippen LogP contribution < -0.4 is 0 Å². The normalized spacial score (nSPS) is 10.1. The molecular weight excluding hydrogens is 160 g/mol. The molecule has 0 heterocycles. The molecule has 0 amide bonds. The van der Waals surface area contributed by atoms with Crippen molar-refractivity contribution in [2.75, 3.05) is 39.6 Å². The van der Waals surface area contributed by atoms with Crippen LogP contribution in [-0.2, 0) is 19.0 Å². The van der Waals surface area contributed by atoms with E-state index >= 15 is 0 Å². The fourth-order valence-corrected chi connectivity index (χ4v) is 0.614. The molecule has 0 aromatic rings. The van der Waals surface area contributed by atoms with Gasteiger partial charge in [-0.2, -0.15) is 0 Å². The molecule has 0 aromatic carbocycles. The first-order valence-corrected chi connectivity index (χ1v) is 4.08. The van der Waals surface area contributed by atoms with Gasteiger partial charge in [-0.15, -0.1) is 0 Å². The maximum absolute atomic E-state index is 9.79. The molecule has 0 spiro atoms. The van der Waals surface area contributed by atoms with Gasteiger partial charge in [-0.05, 0) is 6.92 Å². The minimum atomic E-state index is 0.148. The lowest BCUT2D eigenvalue weighted by molar-refractivity contribution is -0.112. The predicted molar refractivity (Wildman–Crippen MR) is 44.2 cm³/mol. The van der Waals surface area contributed by atoms with Crippen molar-refractivity contribution < 1.29 is 19.0 Å². The average molecular weight is 176 g/mol. The van der Waals surface area contributed by atoms with Gasteiger partial charge in [0.15, 0.2) is 0 Å². The number of carbonyl (C=O) groups is 1. The summed E-state index contributed by atoms with van der Waals surface area (Å²) < 4.78 is 15.0. The van der Waals surface area contributed by atoms with Gasteiger partial charge in [0.2, 0.25) is 0 Å². The first-order chi connectivity index (χ1) is 5.91. The van der Waals surface area contributed by atoms with Crippen LogP contribution in [0, 0.1) is 0 Å². The number of ether oxygens (including phenoxy) is 3. The molecule has 0 saturated carbocycles. The largest absolute Gasteiger partial charge is 0.379 e. The summed E-state index contributed by atoms with van der Waals surface area (Å²) in [6.45, 7) is 4.97. The molecule has 0 unspecified atom stereocenters. The number of hydrogen-bond acceptors (Lipinski definition) is 4. The van der Waals surface area contributed by atoms with Crippen molar-refractivity contribution in [1.29, 1.82) is 0 Å². The molecule has 0 atom stereocenters. The molecule has 0 aliphatic rings. The smallest absolute Gasteiger partial charge is 0.145 e. The van der Waals surface area contributed by atoms with E-state index in [-0.39, 0.29) is 6.61 Å². The summed E-state index contributed by atoms with van der Waals surface area (Å²) in [6.07, 6.45) is 0.722. The molecular formula is C8H16O4. The zero-order chi connectivity index (χ0) is 9.07. The van der Waals surface area contributed by atoms with Gasteiger partial charge in [-0.3, -0.25) is 0 Å². The van der Waals surface area contributed by atoms with Crippen LogP contribution in [0.1, 0.15) is 6.92 Å². The second kappa shape index (κ2) is 10.6. The van der Waals surface area contributed by atoms with Gasteiger partial charge >= 0.3 is 0 Å². The third-order valence-electron chi connectivity index (χ3n) is 1.13. The van der Waals surface area contributed by atoms with E-state index in [4.69, 9.17) is 14.2 Å². The Bertz CT molecular complexity index is 95.1. The van der Waals surface area contributed by atoms with Crippen LogP contribution in [0.25, 0.3) is 0 Å². The van der Waals surface area contributed by atoms with Crippen molar-refractivity contribution >= 4 is 6.29 Å². The monoisotopic (exact) mass is 176 g/mol. The Morgan fingerprint density at radius 3 is 2.17 bits per heavy atom. The van der Waals surface area contributed by atoms with Crippen LogP contribution in [0.2, 0.25) is 0 Å². The summed E-state index contributed by atoms with van der Waals surface area (Å²) in [4.78, 5) is 9.79. The fourth-order valence-electron chi connectivity index (χ4n) is 0.614. The van der Waals surface area contributed by atoms with Crippen LogP contribution in [0.15, 0.2) is 0 Å². The van der Waals surface area contributed by atoms with Crippen LogP contribution in [0.4, 0.5) is 0 Å². The lowest BCUT2D eigenvalue weighted by Gasteiger charge is -2.03. The van der Waals surface area contributed by atoms with Crippen LogP contribution in [-0.4, -0.2) is 45.9 Å². The molecule has 0 fully saturated rings. The molecule has 0 N–H and O–H groups in total. The molecule has 12 heavy (non-hydrogen) atoms. The third kappa shape index (κ3) is 9.55. The Morgan fingerprint density at radius 1 is 1.00 bits per heavy atom. The Labute approximate surface area is 72.8 Å². The molecule has 0 aliphatic carbocycles. The van der Waals surface area contributed by atoms with E-state index in [9.17, 15) is 4.79 Å². The molecule has 0 rings (SSSR count). The standard InChI is InChI=1S/C8H16O4/c1-2-10-5-6-12-8-7-11-4-3-9/h3H,2,4-8H2,1H3. The summed E-state index contributed by atoms with van der Waals surface area (Å²) in [5.74, 6) is 0. The molecule has 4 heteroatoms. The molecule has 0 bridgehead atoms. The van der Waals surface area contributed by atoms with E-state index in [1.54, 1.807) is 0 Å². The van der Waals surface area contributed by atoms with Crippen molar-refractivity contribution in [3.05, 3.63) is 0 Å². The van der Waals surface area contributed by atoms with Gasteiger partial charge in [-0.1, -0.05) is 0 Å². The molecule has 4 nitrogen and oxygen atoms in total. The quantitative estimate of drug-likeness (QED) is 0.373. The van der Waals surface area contributed by atoms with E-state index in [0.29, 0.717) is 33.0 Å². The Morgan fingerprint density at radius 2 is 1.58 bits per heavy atom. The van der Waals surface area contributed by atoms with Crippen molar-refractivity contribution in [1.82, 2.24) is 0 Å². The average Bonchev–Trinajstić information content (AvgIpc) is 2.10. The maximum Gasteiger partial charge on any atom is 0.145 e. The Balaban J connectivity index is 2.77. The highest BCUT2D eigenvalue weighted by Gasteiger charge is 1.88. The zero-order valence-corrected chi connectivity index (χ0v) is 7.45. The van der Waals surface area contributed by atoms with Gasteiger partial charge < -0.3 is 19.0 Å². The predicted octanol–water partition coefficient (Wildman–Crippen LogP) is 0.255. The summed E-state index contributed by atoms with van der Waals surface area (Å²) in [5.41, 5.74) is 0. The minimum absolute atomic E-state index is 0.148. The first kappa shape index (κ1) is 11.6. The van der Waals surface area contributed by atoms with Crippen molar-refractivity contribution in [2.45, 2.75) is 6.92 Å². The van der Waals surface area contributed by atoms with Gasteiger partial charge in [0.05, 0.1) is 26.4 Å². The lowest BCUT2D eigenvalue weighted by Crippen LogP contribution is -2.09. The second-order valence-corrected chi connectivity index (χ2v) is 2.05. The van der Waals surface area contributed by atoms with Crippen LogP contribution in [0.5, 0.6) is 0 Å². The molecule has 0 saturated heterocycles. The summed E-state index contributed by atoms with van der Waals surface area (Å²) >= 11 is 0. The molecule has 72 valence electrons. The van der Waals surface area contributed by atoms with Gasteiger partial charge in [0, 0.05) is 6.61 Å². The van der Waals surface area contributed by atoms with E-state index in [1.807, 2.05) is 6.92 Å². The number of rotatable bonds is 9. The van der Waals surface area contributed by atoms with E-state index < -0.39 is 0 Å². The molecule has 0 aromatic heterocycles. The lowest BCUT2D eigenvalue weighted by atomic mass is 10.7. The van der Waals surface area contributed by atoms with Gasteiger partial charge in [0.25, 0.3) is 0 Å². The number of hydrogen-bond donors (Lipinski definition) is 0. The minimum Gasteiger partial charge on any atom is -0.379 e. The molecule has 0 aliphatic heterocycles. The summed E-state index contributed by atoms with van der Waals surface area (Å²) in [5, 5.41) is 0. The maximum atomic E-state index is 9.79. The van der Waals surface area contributed by atoms with Gasteiger partial charge in [-0.25, -0.2) is 0 Å². The van der Waals surface area contributed by atoms with Crippen molar-refractivity contribution in [2.24, 2.45) is 0 Å². The Hall–Kier alpha value is -0.450. The zero-order valence-electron chi connectivity index (χ0n) is 7.45. The summed E-state index contributed by atoms with van der Waals surface area (Å²) in [6, 6.07) is 0. The van der Waals surface area contributed by atoms with Crippen LogP contribution in [0.3, 0.4) is 0 Å². The van der Waals surface area contributed by atoms with Crippen molar-refractivity contribution in [3.63, 3.8) is 0 Å². The topological polar surface area (TPSA) is 44.8 Å². The second-order valence-electron chi connectivity index (χ2n) is 2.05. The highest BCUT2D eigenvalue weighted by atomic mass is 16.5. The Kier molecular flexibility index (Phi) is 10.2. The highest BCUT2D eigenvalue weighted by molar-refractivity contribution is 5.50. The number of carbonyl (C=O) groups excluding carboxylic acids is 1. The molecule has 0 radical (unpaired) electrons. The third-order valence-corrected chi connectivity index (χ3v) is 1.13. The highest BCUT2D eigenvalue weighted by Crippen LogP contribution is 1.79. The van der Waals surface area contributed by atoms with E-state index in [0.717, 1.165) is 6.29 Å². The van der Waals surface area contributed by atoms with Crippen LogP contribution >= 0.6 is 0 Å². The summed E-state index contributed by atoms with van der Waals surface area (Å²) in [7, 11) is 0. The van der Waals surface area contributed by atoms with E-state index in [2.05, 4.69) is 0 Å². The first-order valence-electron chi connectivity index (χ1n) is 4.08. The van der Waals surface area contributed by atoms with Crippen molar-refractivity contribution in [3.8, 4) is 0 Å². The number of aldehydes is 1. The fraction of sp³-hybridized carbons (Fsp3) is 0.875. The SMILES string of the molecule is CCOCCOCCOCC=O. The van der Waals surface area contributed by atoms with Gasteiger partial charge in [0.1, 0.15) is 12.9 Å². The van der Waals surface area contributed by atoms with E-state index in [1.165, 1.54) is 0 Å².